The molecule has 1 aliphatic carbocycles. The van der Waals surface area contributed by atoms with Crippen LogP contribution < -0.4 is 0 Å². The molecule has 0 amide bonds. The van der Waals surface area contributed by atoms with Crippen molar-refractivity contribution in [3.8, 4) is 5.75 Å². The summed E-state index contributed by atoms with van der Waals surface area (Å²) < 4.78 is 0. The first-order valence-corrected chi connectivity index (χ1v) is 5.48. The van der Waals surface area contributed by atoms with Crippen LogP contribution in [0.15, 0.2) is 24.3 Å². The molecular weight excluding hydrogens is 188 g/mol. The van der Waals surface area contributed by atoms with Crippen molar-refractivity contribution in [3.05, 3.63) is 29.8 Å². The molecule has 15 heavy (non-hydrogen) atoms. The van der Waals surface area contributed by atoms with Gasteiger partial charge in [-0.1, -0.05) is 19.1 Å². The molecule has 0 spiro atoms. The summed E-state index contributed by atoms with van der Waals surface area (Å²) >= 11 is 0. The van der Waals surface area contributed by atoms with Crippen LogP contribution in [0.25, 0.3) is 0 Å². The highest BCUT2D eigenvalue weighted by atomic mass is 16.3. The minimum Gasteiger partial charge on any atom is -0.508 e. The van der Waals surface area contributed by atoms with Crippen molar-refractivity contribution in [2.75, 3.05) is 0 Å². The highest BCUT2D eigenvalue weighted by Gasteiger charge is 2.27. The zero-order chi connectivity index (χ0) is 10.8. The Morgan fingerprint density at radius 1 is 1.40 bits per heavy atom. The number of Topliss-reactive ketones (excluding diaryl/α,β-unsaturated/α-hetero) is 1. The van der Waals surface area contributed by atoms with E-state index in [1.807, 2.05) is 6.07 Å². The van der Waals surface area contributed by atoms with Crippen molar-refractivity contribution in [1.82, 2.24) is 0 Å². The van der Waals surface area contributed by atoms with Gasteiger partial charge in [0.15, 0.2) is 0 Å². The number of ketones is 1. The van der Waals surface area contributed by atoms with E-state index in [-0.39, 0.29) is 11.7 Å². The molecule has 2 atom stereocenters. The van der Waals surface area contributed by atoms with Gasteiger partial charge in [-0.15, -0.1) is 0 Å². The van der Waals surface area contributed by atoms with E-state index in [1.54, 1.807) is 18.2 Å². The summed E-state index contributed by atoms with van der Waals surface area (Å²) in [6.45, 7) is 2.18. The Bertz CT molecular complexity index is 371. The van der Waals surface area contributed by atoms with Gasteiger partial charge in [-0.2, -0.15) is 0 Å². The SMILES string of the molecule is CC1CCC(=O)C(c2cccc(O)c2)C1. The van der Waals surface area contributed by atoms with Crippen molar-refractivity contribution in [2.45, 2.75) is 32.1 Å². The Labute approximate surface area is 89.9 Å². The van der Waals surface area contributed by atoms with E-state index in [2.05, 4.69) is 6.92 Å². The summed E-state index contributed by atoms with van der Waals surface area (Å²) in [5.74, 6) is 1.17. The quantitative estimate of drug-likeness (QED) is 0.763. The van der Waals surface area contributed by atoms with E-state index in [0.29, 0.717) is 18.1 Å². The maximum Gasteiger partial charge on any atom is 0.140 e. The van der Waals surface area contributed by atoms with Crippen LogP contribution in [0.1, 0.15) is 37.7 Å². The van der Waals surface area contributed by atoms with Crippen molar-refractivity contribution < 1.29 is 9.90 Å². The molecule has 1 aromatic carbocycles. The Hall–Kier alpha value is -1.31. The Morgan fingerprint density at radius 3 is 2.93 bits per heavy atom. The van der Waals surface area contributed by atoms with E-state index in [1.165, 1.54) is 0 Å². The summed E-state index contributed by atoms with van der Waals surface area (Å²) in [7, 11) is 0. The number of carbonyl (C=O) groups is 1. The van der Waals surface area contributed by atoms with Gasteiger partial charge in [0.1, 0.15) is 11.5 Å². The average molecular weight is 204 g/mol. The third kappa shape index (κ3) is 2.20. The van der Waals surface area contributed by atoms with Crippen molar-refractivity contribution in [3.63, 3.8) is 0 Å². The maximum atomic E-state index is 11.8. The van der Waals surface area contributed by atoms with Gasteiger partial charge in [0.05, 0.1) is 0 Å². The first kappa shape index (κ1) is 10.2. The van der Waals surface area contributed by atoms with E-state index in [4.69, 9.17) is 0 Å². The lowest BCUT2D eigenvalue weighted by Crippen LogP contribution is -2.21. The molecule has 2 unspecified atom stereocenters. The van der Waals surface area contributed by atoms with Crippen molar-refractivity contribution in [1.29, 1.82) is 0 Å². The van der Waals surface area contributed by atoms with Crippen molar-refractivity contribution >= 4 is 5.78 Å². The van der Waals surface area contributed by atoms with Crippen LogP contribution in [0.2, 0.25) is 0 Å². The molecule has 0 heterocycles. The van der Waals surface area contributed by atoms with Gasteiger partial charge >= 0.3 is 0 Å². The maximum absolute atomic E-state index is 11.8. The van der Waals surface area contributed by atoms with Gasteiger partial charge in [0.25, 0.3) is 0 Å². The van der Waals surface area contributed by atoms with Gasteiger partial charge in [-0.3, -0.25) is 4.79 Å². The number of aromatic hydroxyl groups is 1. The zero-order valence-corrected chi connectivity index (χ0v) is 8.94. The zero-order valence-electron chi connectivity index (χ0n) is 8.94. The normalized spacial score (nSPS) is 26.6. The molecule has 0 aromatic heterocycles. The third-order valence-corrected chi connectivity index (χ3v) is 3.18. The first-order valence-electron chi connectivity index (χ1n) is 5.48. The van der Waals surface area contributed by atoms with Gasteiger partial charge in [-0.05, 0) is 36.5 Å². The molecule has 2 nitrogen and oxygen atoms in total. The van der Waals surface area contributed by atoms with Crippen LogP contribution >= 0.6 is 0 Å². The molecule has 1 N–H and O–H groups in total. The molecule has 0 aliphatic heterocycles. The summed E-state index contributed by atoms with van der Waals surface area (Å²) in [6, 6.07) is 7.08. The lowest BCUT2D eigenvalue weighted by atomic mass is 9.78. The van der Waals surface area contributed by atoms with Gasteiger partial charge < -0.3 is 5.11 Å². The van der Waals surface area contributed by atoms with Crippen LogP contribution in [-0.4, -0.2) is 10.9 Å². The molecule has 1 aromatic rings. The van der Waals surface area contributed by atoms with Crippen LogP contribution in [0.5, 0.6) is 5.75 Å². The number of carbonyl (C=O) groups excluding carboxylic acids is 1. The molecule has 2 heteroatoms. The minimum absolute atomic E-state index is 0.000787. The molecule has 2 rings (SSSR count). The summed E-state index contributed by atoms with van der Waals surface area (Å²) in [4.78, 5) is 11.8. The molecule has 1 fully saturated rings. The topological polar surface area (TPSA) is 37.3 Å². The molecule has 0 radical (unpaired) electrons. The number of phenols is 1. The number of phenolic OH excluding ortho intramolecular Hbond substituents is 1. The van der Waals surface area contributed by atoms with Crippen LogP contribution in [0.3, 0.4) is 0 Å². The molecule has 1 aliphatic rings. The lowest BCUT2D eigenvalue weighted by molar-refractivity contribution is -0.122. The van der Waals surface area contributed by atoms with Crippen molar-refractivity contribution in [2.24, 2.45) is 5.92 Å². The van der Waals surface area contributed by atoms with Gasteiger partial charge in [0.2, 0.25) is 0 Å². The third-order valence-electron chi connectivity index (χ3n) is 3.18. The Balaban J connectivity index is 2.25. The van der Waals surface area contributed by atoms with Gasteiger partial charge in [0, 0.05) is 12.3 Å². The molecule has 0 saturated heterocycles. The van der Waals surface area contributed by atoms with Crippen LogP contribution in [0, 0.1) is 5.92 Å². The lowest BCUT2D eigenvalue weighted by Gasteiger charge is -2.25. The predicted molar refractivity (Wildman–Crippen MR) is 58.9 cm³/mol. The number of rotatable bonds is 1. The second-order valence-corrected chi connectivity index (χ2v) is 4.49. The van der Waals surface area contributed by atoms with E-state index in [0.717, 1.165) is 18.4 Å². The smallest absolute Gasteiger partial charge is 0.140 e. The Morgan fingerprint density at radius 2 is 2.20 bits per heavy atom. The standard InChI is InChI=1S/C13H16O2/c1-9-5-6-13(15)12(7-9)10-3-2-4-11(14)8-10/h2-4,8-9,12,14H,5-7H2,1H3. The highest BCUT2D eigenvalue weighted by Crippen LogP contribution is 2.34. The highest BCUT2D eigenvalue weighted by molar-refractivity contribution is 5.86. The van der Waals surface area contributed by atoms with E-state index in [9.17, 15) is 9.90 Å². The van der Waals surface area contributed by atoms with Gasteiger partial charge in [-0.25, -0.2) is 0 Å². The van der Waals surface area contributed by atoms with Crippen LogP contribution in [-0.2, 0) is 4.79 Å². The average Bonchev–Trinajstić information content (AvgIpc) is 2.22. The largest absolute Gasteiger partial charge is 0.508 e. The summed E-state index contributed by atoms with van der Waals surface area (Å²) in [6.07, 6.45) is 2.61. The fourth-order valence-corrected chi connectivity index (χ4v) is 2.28. The first-order chi connectivity index (χ1) is 7.16. The second kappa shape index (κ2) is 4.05. The fraction of sp³-hybridized carbons (Fsp3) is 0.462. The monoisotopic (exact) mass is 204 g/mol. The van der Waals surface area contributed by atoms with E-state index >= 15 is 0 Å². The number of hydrogen-bond donors (Lipinski definition) is 1. The Kier molecular flexibility index (Phi) is 2.76. The minimum atomic E-state index is 0.000787. The van der Waals surface area contributed by atoms with Crippen LogP contribution in [0.4, 0.5) is 0 Å². The summed E-state index contributed by atoms with van der Waals surface area (Å²) in [5.41, 5.74) is 0.964. The molecular formula is C13H16O2. The van der Waals surface area contributed by atoms with E-state index < -0.39 is 0 Å². The predicted octanol–water partition coefficient (Wildman–Crippen LogP) is 2.86. The number of hydrogen-bond acceptors (Lipinski definition) is 2. The molecule has 80 valence electrons. The summed E-state index contributed by atoms with van der Waals surface area (Å²) in [5, 5.41) is 9.38. The second-order valence-electron chi connectivity index (χ2n) is 4.49. The molecule has 1 saturated carbocycles. The fourth-order valence-electron chi connectivity index (χ4n) is 2.28. The molecule has 0 bridgehead atoms. The number of benzene rings is 1.